The Balaban J connectivity index is 1.61. The molecule has 18 nitrogen and oxygen atoms in total. The van der Waals surface area contributed by atoms with Gasteiger partial charge in [0, 0.05) is 0 Å². The summed E-state index contributed by atoms with van der Waals surface area (Å²) in [5, 5.41) is 91.0. The zero-order chi connectivity index (χ0) is 34.0. The number of nitrogens with zero attached hydrogens (tertiary/aromatic N) is 1. The number of hydrogen-bond donors (Lipinski definition) is 9. The maximum atomic E-state index is 12.9. The summed E-state index contributed by atoms with van der Waals surface area (Å²) >= 11 is 0. The van der Waals surface area contributed by atoms with Gasteiger partial charge in [0.25, 0.3) is 0 Å². The molecule has 0 bridgehead atoms. The summed E-state index contributed by atoms with van der Waals surface area (Å²) in [7, 11) is 0. The number of carboxylic acids is 1. The van der Waals surface area contributed by atoms with Gasteiger partial charge >= 0.3 is 23.9 Å². The van der Waals surface area contributed by atoms with Crippen LogP contribution in [0.15, 0.2) is 53.7 Å². The van der Waals surface area contributed by atoms with Crippen molar-refractivity contribution < 1.29 is 79.3 Å². The van der Waals surface area contributed by atoms with Crippen molar-refractivity contribution in [1.29, 1.82) is 0 Å². The summed E-state index contributed by atoms with van der Waals surface area (Å²) in [6.45, 7) is 0. The lowest BCUT2D eigenvalue weighted by molar-refractivity contribution is 0.0684. The fourth-order valence-corrected chi connectivity index (χ4v) is 3.64. The first-order valence-electron chi connectivity index (χ1n) is 12.1. The third kappa shape index (κ3) is 6.24. The number of aromatic hydroxyl groups is 8. The van der Waals surface area contributed by atoms with Gasteiger partial charge in [0.1, 0.15) is 0 Å². The molecule has 0 unspecified atom stereocenters. The number of esters is 3. The number of phenolic OH excluding ortho intramolecular Hbond substituents is 8. The van der Waals surface area contributed by atoms with E-state index in [0.717, 1.165) is 6.07 Å². The Bertz CT molecular complexity index is 1970. The van der Waals surface area contributed by atoms with Crippen molar-refractivity contribution >= 4 is 29.6 Å². The summed E-state index contributed by atoms with van der Waals surface area (Å²) < 4.78 is 14.8. The van der Waals surface area contributed by atoms with Crippen molar-refractivity contribution in [2.45, 2.75) is 0 Å². The predicted octanol–water partition coefficient (Wildman–Crippen LogP) is 3.09. The highest BCUT2D eigenvalue weighted by Gasteiger charge is 2.25. The quantitative estimate of drug-likeness (QED) is 0.0578. The fourth-order valence-electron chi connectivity index (χ4n) is 3.64. The van der Waals surface area contributed by atoms with Crippen molar-refractivity contribution in [2.75, 3.05) is 0 Å². The standard InChI is InChI=1S/C28H17NO17/c30-14-3-10(1-13(29-43)21(14)34)26(40)45-19-7-12(5-16(32)23(19)36)28(42)46-20-8-11(4-17(33)24(20)37)27(41)44-18-6-9(25(38)39)2-15(31)22(18)35/h1-8,30-37H,(H,38,39). The first kappa shape index (κ1) is 31.7. The second-order valence-electron chi connectivity index (χ2n) is 8.95. The van der Waals surface area contributed by atoms with Gasteiger partial charge in [-0.2, -0.15) is 0 Å². The van der Waals surface area contributed by atoms with Crippen molar-refractivity contribution in [2.24, 2.45) is 5.18 Å². The molecule has 0 saturated carbocycles. The number of hydrogen-bond acceptors (Lipinski definition) is 17. The van der Waals surface area contributed by atoms with Crippen LogP contribution >= 0.6 is 0 Å². The van der Waals surface area contributed by atoms with Crippen LogP contribution in [0.3, 0.4) is 0 Å². The SMILES string of the molecule is O=Nc1cc(C(=O)Oc2cc(C(=O)Oc3cc(C(=O)Oc4cc(C(=O)O)cc(O)c4O)cc(O)c3O)cc(O)c2O)cc(O)c1O. The van der Waals surface area contributed by atoms with Crippen LogP contribution in [0.5, 0.6) is 63.2 Å². The number of phenols is 8. The molecule has 0 radical (unpaired) electrons. The molecule has 46 heavy (non-hydrogen) atoms. The Morgan fingerprint density at radius 2 is 0.761 bits per heavy atom. The number of carboxylic acid groups (broad SMARTS) is 1. The van der Waals surface area contributed by atoms with Gasteiger partial charge in [0.15, 0.2) is 51.7 Å². The van der Waals surface area contributed by atoms with Gasteiger partial charge in [-0.3, -0.25) is 0 Å². The average Bonchev–Trinajstić information content (AvgIpc) is 3.00. The summed E-state index contributed by atoms with van der Waals surface area (Å²) in [6, 6.07) is 5.39. The van der Waals surface area contributed by atoms with E-state index in [2.05, 4.69) is 5.18 Å². The number of carbonyl (C=O) groups excluding carboxylic acids is 3. The van der Waals surface area contributed by atoms with E-state index in [-0.39, 0.29) is 0 Å². The van der Waals surface area contributed by atoms with E-state index in [1.54, 1.807) is 0 Å². The molecule has 0 spiro atoms. The molecule has 0 heterocycles. The van der Waals surface area contributed by atoms with E-state index in [4.69, 9.17) is 19.3 Å². The Hall–Kier alpha value is -7.24. The van der Waals surface area contributed by atoms with Crippen LogP contribution in [0.4, 0.5) is 5.69 Å². The van der Waals surface area contributed by atoms with Gasteiger partial charge in [-0.25, -0.2) is 19.2 Å². The number of rotatable bonds is 8. The number of carbonyl (C=O) groups is 4. The van der Waals surface area contributed by atoms with Crippen molar-refractivity contribution in [1.82, 2.24) is 0 Å². The lowest BCUT2D eigenvalue weighted by Crippen LogP contribution is -2.13. The van der Waals surface area contributed by atoms with Gasteiger partial charge in [-0.05, 0) is 53.7 Å². The van der Waals surface area contributed by atoms with Crippen LogP contribution in [0.1, 0.15) is 41.4 Å². The molecule has 18 heteroatoms. The molecule has 0 amide bonds. The zero-order valence-electron chi connectivity index (χ0n) is 22.4. The first-order chi connectivity index (χ1) is 21.6. The van der Waals surface area contributed by atoms with Gasteiger partial charge in [-0.15, -0.1) is 4.91 Å². The minimum Gasteiger partial charge on any atom is -0.504 e. The van der Waals surface area contributed by atoms with E-state index >= 15 is 0 Å². The highest BCUT2D eigenvalue weighted by molar-refractivity contribution is 5.97. The molecule has 0 aliphatic heterocycles. The number of nitroso groups, excluding NO2 is 1. The monoisotopic (exact) mass is 639 g/mol. The smallest absolute Gasteiger partial charge is 0.343 e. The molecule has 0 atom stereocenters. The molecule has 0 aliphatic rings. The minimum absolute atomic E-state index is 0.556. The Kier molecular flexibility index (Phi) is 8.38. The summed E-state index contributed by atoms with van der Waals surface area (Å²) in [4.78, 5) is 60.2. The van der Waals surface area contributed by atoms with Crippen LogP contribution in [0.2, 0.25) is 0 Å². The molecule has 4 aromatic rings. The van der Waals surface area contributed by atoms with Crippen molar-refractivity contribution in [3.8, 4) is 63.2 Å². The molecule has 4 rings (SSSR count). The molecular formula is C28H17NO17. The molecule has 0 aliphatic carbocycles. The second kappa shape index (κ2) is 12.2. The Labute approximate surface area is 253 Å². The van der Waals surface area contributed by atoms with E-state index in [9.17, 15) is 64.9 Å². The van der Waals surface area contributed by atoms with Crippen molar-refractivity contribution in [3.63, 3.8) is 0 Å². The number of ether oxygens (including phenoxy) is 3. The lowest BCUT2D eigenvalue weighted by Gasteiger charge is -2.13. The summed E-state index contributed by atoms with van der Waals surface area (Å²) in [6.07, 6.45) is 0. The highest BCUT2D eigenvalue weighted by Crippen LogP contribution is 2.42. The van der Waals surface area contributed by atoms with Gasteiger partial charge in [0.05, 0.1) is 22.3 Å². The van der Waals surface area contributed by atoms with Crippen LogP contribution < -0.4 is 14.2 Å². The Morgan fingerprint density at radius 1 is 0.457 bits per heavy atom. The van der Waals surface area contributed by atoms with Crippen LogP contribution in [-0.4, -0.2) is 69.8 Å². The normalized spacial score (nSPS) is 10.5. The van der Waals surface area contributed by atoms with Crippen LogP contribution in [0.25, 0.3) is 0 Å². The minimum atomic E-state index is -1.55. The maximum Gasteiger partial charge on any atom is 0.343 e. The maximum absolute atomic E-state index is 12.9. The van der Waals surface area contributed by atoms with Gasteiger partial charge < -0.3 is 60.2 Å². The number of aromatic carboxylic acids is 1. The number of benzene rings is 4. The van der Waals surface area contributed by atoms with Gasteiger partial charge in [0.2, 0.25) is 17.2 Å². The van der Waals surface area contributed by atoms with E-state index < -0.39 is 115 Å². The Morgan fingerprint density at radius 3 is 1.11 bits per heavy atom. The fraction of sp³-hybridized carbons (Fsp3) is 0. The molecule has 0 aromatic heterocycles. The topological polar surface area (TPSA) is 307 Å². The first-order valence-corrected chi connectivity index (χ1v) is 12.1. The molecule has 0 saturated heterocycles. The second-order valence-corrected chi connectivity index (χ2v) is 8.95. The van der Waals surface area contributed by atoms with E-state index in [1.807, 2.05) is 0 Å². The predicted molar refractivity (Wildman–Crippen MR) is 146 cm³/mol. The summed E-state index contributed by atoms with van der Waals surface area (Å²) in [5.74, 6) is -16.4. The molecular weight excluding hydrogens is 622 g/mol. The molecule has 236 valence electrons. The van der Waals surface area contributed by atoms with Gasteiger partial charge in [-0.1, -0.05) is 0 Å². The molecule has 4 aromatic carbocycles. The average molecular weight is 639 g/mol. The van der Waals surface area contributed by atoms with Crippen LogP contribution in [-0.2, 0) is 0 Å². The molecule has 9 N–H and O–H groups in total. The lowest BCUT2D eigenvalue weighted by atomic mass is 10.1. The largest absolute Gasteiger partial charge is 0.504 e. The third-order valence-electron chi connectivity index (χ3n) is 5.89. The highest BCUT2D eigenvalue weighted by atomic mass is 16.6. The third-order valence-corrected chi connectivity index (χ3v) is 5.89. The summed E-state index contributed by atoms with van der Waals surface area (Å²) in [5.41, 5.74) is -3.16. The van der Waals surface area contributed by atoms with E-state index in [1.165, 1.54) is 0 Å². The zero-order valence-corrected chi connectivity index (χ0v) is 22.4. The van der Waals surface area contributed by atoms with E-state index in [0.29, 0.717) is 42.5 Å². The molecule has 0 fully saturated rings. The van der Waals surface area contributed by atoms with Crippen LogP contribution in [0, 0.1) is 4.91 Å². The van der Waals surface area contributed by atoms with Crippen molar-refractivity contribution in [3.05, 3.63) is 75.7 Å².